The molecule has 0 saturated carbocycles. The molecule has 1 aliphatic heterocycles. The van der Waals surface area contributed by atoms with Gasteiger partial charge in [-0.1, -0.05) is 0 Å². The van der Waals surface area contributed by atoms with Gasteiger partial charge in [0.1, 0.15) is 0 Å². The maximum absolute atomic E-state index is 12.5. The Morgan fingerprint density at radius 3 is 2.86 bits per heavy atom. The van der Waals surface area contributed by atoms with Crippen LogP contribution in [-0.4, -0.2) is 61.4 Å². The molecule has 0 radical (unpaired) electrons. The molecule has 1 saturated heterocycles. The Hall–Kier alpha value is -1.66. The lowest BCUT2D eigenvalue weighted by Gasteiger charge is -2.38. The highest BCUT2D eigenvalue weighted by molar-refractivity contribution is 5.94. The largest absolute Gasteiger partial charge is 0.481 e. The summed E-state index contributed by atoms with van der Waals surface area (Å²) < 4.78 is 10.4. The van der Waals surface area contributed by atoms with E-state index in [-0.39, 0.29) is 17.9 Å². The van der Waals surface area contributed by atoms with Crippen molar-refractivity contribution in [3.05, 3.63) is 23.9 Å². The van der Waals surface area contributed by atoms with Crippen molar-refractivity contribution < 1.29 is 19.4 Å². The molecule has 1 N–H and O–H groups in total. The molecule has 1 aromatic heterocycles. The molecule has 0 atom stereocenters. The summed E-state index contributed by atoms with van der Waals surface area (Å²) in [6.45, 7) is 1.83. The van der Waals surface area contributed by atoms with Crippen LogP contribution in [0.1, 0.15) is 23.2 Å². The normalized spacial score (nSPS) is 17.3. The molecular formula is C15H22N2O4. The van der Waals surface area contributed by atoms with Crippen molar-refractivity contribution in [2.75, 3.05) is 40.5 Å². The molecule has 1 amide bonds. The molecule has 0 unspecified atom stereocenters. The van der Waals surface area contributed by atoms with Crippen molar-refractivity contribution in [2.24, 2.45) is 5.41 Å². The summed E-state index contributed by atoms with van der Waals surface area (Å²) in [4.78, 5) is 18.1. The van der Waals surface area contributed by atoms with Crippen molar-refractivity contribution in [1.29, 1.82) is 0 Å². The Morgan fingerprint density at radius 2 is 2.24 bits per heavy atom. The van der Waals surface area contributed by atoms with Crippen LogP contribution in [0.5, 0.6) is 5.88 Å². The van der Waals surface area contributed by atoms with Crippen molar-refractivity contribution >= 4 is 5.91 Å². The van der Waals surface area contributed by atoms with Crippen molar-refractivity contribution in [1.82, 2.24) is 9.88 Å². The lowest BCUT2D eigenvalue weighted by atomic mass is 9.80. The van der Waals surface area contributed by atoms with Crippen LogP contribution in [0.4, 0.5) is 0 Å². The van der Waals surface area contributed by atoms with E-state index in [0.29, 0.717) is 31.2 Å². The summed E-state index contributed by atoms with van der Waals surface area (Å²) in [5, 5.41) is 9.70. The van der Waals surface area contributed by atoms with E-state index in [1.165, 1.54) is 7.11 Å². The predicted octanol–water partition coefficient (Wildman–Crippen LogP) is 0.951. The first-order chi connectivity index (χ1) is 10.1. The predicted molar refractivity (Wildman–Crippen MR) is 77.3 cm³/mol. The first-order valence-corrected chi connectivity index (χ1v) is 7.04. The van der Waals surface area contributed by atoms with Crippen LogP contribution in [-0.2, 0) is 4.74 Å². The quantitative estimate of drug-likeness (QED) is 0.875. The van der Waals surface area contributed by atoms with E-state index < -0.39 is 0 Å². The maximum atomic E-state index is 12.5. The number of rotatable bonds is 5. The van der Waals surface area contributed by atoms with Gasteiger partial charge >= 0.3 is 0 Å². The van der Waals surface area contributed by atoms with Gasteiger partial charge in [-0.2, -0.15) is 0 Å². The van der Waals surface area contributed by atoms with Gasteiger partial charge in [-0.15, -0.1) is 0 Å². The van der Waals surface area contributed by atoms with Crippen molar-refractivity contribution in [2.45, 2.75) is 12.8 Å². The molecule has 2 heterocycles. The number of aromatic nitrogens is 1. The third-order valence-electron chi connectivity index (χ3n) is 4.00. The summed E-state index contributed by atoms with van der Waals surface area (Å²) in [6, 6.07) is 3.28. The SMILES string of the molecule is COc1cc(C(=O)N(C)CC2(CO)CCOCC2)ccn1. The molecule has 0 bridgehead atoms. The van der Waals surface area contributed by atoms with Gasteiger partial charge in [-0.3, -0.25) is 4.79 Å². The van der Waals surface area contributed by atoms with Crippen LogP contribution in [0, 0.1) is 5.41 Å². The molecule has 0 aromatic carbocycles. The van der Waals surface area contributed by atoms with E-state index in [1.807, 2.05) is 0 Å². The molecule has 1 fully saturated rings. The Bertz CT molecular complexity index is 486. The van der Waals surface area contributed by atoms with Gasteiger partial charge in [0.25, 0.3) is 5.91 Å². The number of aliphatic hydroxyl groups excluding tert-OH is 1. The molecule has 1 aliphatic rings. The number of amides is 1. The number of pyridine rings is 1. The molecule has 0 aliphatic carbocycles. The first kappa shape index (κ1) is 15.7. The van der Waals surface area contributed by atoms with E-state index >= 15 is 0 Å². The summed E-state index contributed by atoms with van der Waals surface area (Å²) in [6.07, 6.45) is 3.08. The summed E-state index contributed by atoms with van der Waals surface area (Å²) in [5.74, 6) is 0.312. The highest BCUT2D eigenvalue weighted by Gasteiger charge is 2.34. The fraction of sp³-hybridized carbons (Fsp3) is 0.600. The second-order valence-corrected chi connectivity index (χ2v) is 5.52. The highest BCUT2D eigenvalue weighted by Crippen LogP contribution is 2.31. The summed E-state index contributed by atoms with van der Waals surface area (Å²) in [5.41, 5.74) is 0.268. The van der Waals surface area contributed by atoms with Crippen LogP contribution in [0.3, 0.4) is 0 Å². The monoisotopic (exact) mass is 294 g/mol. The number of carbonyl (C=O) groups excluding carboxylic acids is 1. The van der Waals surface area contributed by atoms with Crippen LogP contribution in [0.25, 0.3) is 0 Å². The number of carbonyl (C=O) groups is 1. The zero-order valence-corrected chi connectivity index (χ0v) is 12.5. The molecule has 1 aromatic rings. The van der Waals surface area contributed by atoms with Gasteiger partial charge in [0.2, 0.25) is 5.88 Å². The average Bonchev–Trinajstić information content (AvgIpc) is 2.55. The lowest BCUT2D eigenvalue weighted by Crippen LogP contribution is -2.44. The lowest BCUT2D eigenvalue weighted by molar-refractivity contribution is -0.0282. The van der Waals surface area contributed by atoms with E-state index in [2.05, 4.69) is 4.98 Å². The fourth-order valence-corrected chi connectivity index (χ4v) is 2.62. The number of aliphatic hydroxyl groups is 1. The fourth-order valence-electron chi connectivity index (χ4n) is 2.62. The number of methoxy groups -OCH3 is 1. The van der Waals surface area contributed by atoms with Gasteiger partial charge in [0.05, 0.1) is 13.7 Å². The number of hydrogen-bond donors (Lipinski definition) is 1. The maximum Gasteiger partial charge on any atom is 0.253 e. The zero-order valence-electron chi connectivity index (χ0n) is 12.5. The summed E-state index contributed by atoms with van der Waals surface area (Å²) >= 11 is 0. The molecule has 116 valence electrons. The zero-order chi connectivity index (χ0) is 15.3. The smallest absolute Gasteiger partial charge is 0.253 e. The molecule has 2 rings (SSSR count). The Kier molecular flexibility index (Phi) is 5.14. The average molecular weight is 294 g/mol. The van der Waals surface area contributed by atoms with Gasteiger partial charge in [-0.25, -0.2) is 4.98 Å². The van der Waals surface area contributed by atoms with E-state index in [1.54, 1.807) is 30.3 Å². The third-order valence-corrected chi connectivity index (χ3v) is 4.00. The Balaban J connectivity index is 2.07. The second kappa shape index (κ2) is 6.87. The Morgan fingerprint density at radius 1 is 1.52 bits per heavy atom. The minimum Gasteiger partial charge on any atom is -0.481 e. The molecule has 0 spiro atoms. The molecule has 21 heavy (non-hydrogen) atoms. The minimum atomic E-state index is -0.264. The van der Waals surface area contributed by atoms with Crippen LogP contribution in [0.15, 0.2) is 18.3 Å². The molecule has 6 nitrogen and oxygen atoms in total. The second-order valence-electron chi connectivity index (χ2n) is 5.52. The summed E-state index contributed by atoms with van der Waals surface area (Å²) in [7, 11) is 3.27. The van der Waals surface area contributed by atoms with E-state index in [4.69, 9.17) is 9.47 Å². The minimum absolute atomic E-state index is 0.0631. The first-order valence-electron chi connectivity index (χ1n) is 7.04. The standard InChI is InChI=1S/C15H22N2O4/c1-17(10-15(11-18)4-7-21-8-5-15)14(19)12-3-6-16-13(9-12)20-2/h3,6,9,18H,4-5,7-8,10-11H2,1-2H3. The number of hydrogen-bond acceptors (Lipinski definition) is 5. The molecular weight excluding hydrogens is 272 g/mol. The van der Waals surface area contributed by atoms with Gasteiger partial charge in [0, 0.05) is 50.0 Å². The van der Waals surface area contributed by atoms with Crippen LogP contribution >= 0.6 is 0 Å². The number of nitrogens with zero attached hydrogens (tertiary/aromatic N) is 2. The van der Waals surface area contributed by atoms with Gasteiger partial charge in [-0.05, 0) is 18.9 Å². The van der Waals surface area contributed by atoms with E-state index in [0.717, 1.165) is 12.8 Å². The van der Waals surface area contributed by atoms with Crippen LogP contribution < -0.4 is 4.74 Å². The highest BCUT2D eigenvalue weighted by atomic mass is 16.5. The molecule has 6 heteroatoms. The van der Waals surface area contributed by atoms with Gasteiger partial charge in [0.15, 0.2) is 0 Å². The Labute approximate surface area is 124 Å². The van der Waals surface area contributed by atoms with Crippen molar-refractivity contribution in [3.8, 4) is 5.88 Å². The van der Waals surface area contributed by atoms with E-state index in [9.17, 15) is 9.90 Å². The number of ether oxygens (including phenoxy) is 2. The third kappa shape index (κ3) is 3.71. The van der Waals surface area contributed by atoms with Crippen LogP contribution in [0.2, 0.25) is 0 Å². The van der Waals surface area contributed by atoms with Gasteiger partial charge < -0.3 is 19.5 Å². The van der Waals surface area contributed by atoms with Crippen molar-refractivity contribution in [3.63, 3.8) is 0 Å². The topological polar surface area (TPSA) is 71.9 Å².